The Balaban J connectivity index is 1.54. The van der Waals surface area contributed by atoms with Crippen molar-refractivity contribution in [1.82, 2.24) is 0 Å². The summed E-state index contributed by atoms with van der Waals surface area (Å²) in [6.07, 6.45) is 2.02. The zero-order valence-electron chi connectivity index (χ0n) is 15.2. The average molecular weight is 391 g/mol. The summed E-state index contributed by atoms with van der Waals surface area (Å²) in [6.45, 7) is 6.39. The molecule has 1 saturated heterocycles. The molecule has 1 heterocycles. The van der Waals surface area contributed by atoms with Crippen LogP contribution in [0.1, 0.15) is 5.56 Å². The second kappa shape index (κ2) is 8.80. The van der Waals surface area contributed by atoms with Crippen LogP contribution in [0.2, 0.25) is 5.02 Å². The van der Waals surface area contributed by atoms with Crippen LogP contribution in [0.4, 0.5) is 11.4 Å². The standard InChI is InChI=1S/C20H24ClN3OS/c1-15-7-8-16(21)13-18(15)24-11-9-23(10-12-24)14-20(25)22-17-5-3-4-6-19(17)26-2/h3-8,13H,9-12,14H2,1-2H3,(H,22,25)/p+1. The second-order valence-corrected chi connectivity index (χ2v) is 7.88. The number of piperazine rings is 1. The van der Waals surface area contributed by atoms with E-state index in [1.165, 1.54) is 16.2 Å². The zero-order chi connectivity index (χ0) is 18.5. The van der Waals surface area contributed by atoms with Gasteiger partial charge in [0.15, 0.2) is 6.54 Å². The number of rotatable bonds is 5. The summed E-state index contributed by atoms with van der Waals surface area (Å²) in [5, 5.41) is 3.83. The number of aryl methyl sites for hydroxylation is 1. The van der Waals surface area contributed by atoms with Crippen molar-refractivity contribution in [1.29, 1.82) is 0 Å². The molecule has 0 atom stereocenters. The summed E-state index contributed by atoms with van der Waals surface area (Å²) in [4.78, 5) is 17.2. The lowest BCUT2D eigenvalue weighted by Crippen LogP contribution is -3.15. The highest BCUT2D eigenvalue weighted by molar-refractivity contribution is 7.98. The number of hydrogen-bond acceptors (Lipinski definition) is 3. The van der Waals surface area contributed by atoms with Gasteiger partial charge in [-0.1, -0.05) is 29.8 Å². The van der Waals surface area contributed by atoms with Crippen LogP contribution >= 0.6 is 23.4 Å². The molecule has 0 saturated carbocycles. The molecule has 3 rings (SSSR count). The Bertz CT molecular complexity index is 775. The van der Waals surface area contributed by atoms with Gasteiger partial charge in [-0.2, -0.15) is 0 Å². The van der Waals surface area contributed by atoms with Gasteiger partial charge in [-0.3, -0.25) is 4.79 Å². The molecule has 138 valence electrons. The van der Waals surface area contributed by atoms with Crippen molar-refractivity contribution in [2.45, 2.75) is 11.8 Å². The number of nitrogens with one attached hydrogen (secondary N) is 2. The van der Waals surface area contributed by atoms with Gasteiger partial charge in [0.05, 0.1) is 31.9 Å². The summed E-state index contributed by atoms with van der Waals surface area (Å²) in [5.41, 5.74) is 3.34. The minimum Gasteiger partial charge on any atom is -0.360 e. The second-order valence-electron chi connectivity index (χ2n) is 6.59. The Hall–Kier alpha value is -1.69. The largest absolute Gasteiger partial charge is 0.360 e. The van der Waals surface area contributed by atoms with Crippen molar-refractivity contribution in [2.24, 2.45) is 0 Å². The Morgan fingerprint density at radius 1 is 1.23 bits per heavy atom. The predicted octanol–water partition coefficient (Wildman–Crippen LogP) is 2.71. The van der Waals surface area contributed by atoms with E-state index in [1.807, 2.05) is 42.7 Å². The third-order valence-electron chi connectivity index (χ3n) is 4.77. The molecule has 1 aliphatic rings. The van der Waals surface area contributed by atoms with Crippen LogP contribution < -0.4 is 15.1 Å². The number of carbonyl (C=O) groups is 1. The summed E-state index contributed by atoms with van der Waals surface area (Å²) in [5.74, 6) is 0.0777. The molecule has 0 unspecified atom stereocenters. The van der Waals surface area contributed by atoms with Gasteiger partial charge in [0.25, 0.3) is 5.91 Å². The summed E-state index contributed by atoms with van der Waals surface area (Å²) in [6, 6.07) is 14.0. The van der Waals surface area contributed by atoms with E-state index >= 15 is 0 Å². The Morgan fingerprint density at radius 3 is 2.69 bits per heavy atom. The van der Waals surface area contributed by atoms with Crippen LogP contribution in [0.5, 0.6) is 0 Å². The fourth-order valence-electron chi connectivity index (χ4n) is 3.33. The van der Waals surface area contributed by atoms with E-state index in [9.17, 15) is 4.79 Å². The highest BCUT2D eigenvalue weighted by atomic mass is 35.5. The number of benzene rings is 2. The third kappa shape index (κ3) is 4.72. The van der Waals surface area contributed by atoms with Crippen LogP contribution in [0, 0.1) is 6.92 Å². The molecule has 1 amide bonds. The molecule has 2 aromatic rings. The topological polar surface area (TPSA) is 36.8 Å². The maximum Gasteiger partial charge on any atom is 0.279 e. The van der Waals surface area contributed by atoms with E-state index < -0.39 is 0 Å². The van der Waals surface area contributed by atoms with Gasteiger partial charge >= 0.3 is 0 Å². The van der Waals surface area contributed by atoms with Crippen LogP contribution in [-0.2, 0) is 4.79 Å². The highest BCUT2D eigenvalue weighted by Gasteiger charge is 2.23. The van der Waals surface area contributed by atoms with E-state index in [4.69, 9.17) is 11.6 Å². The van der Waals surface area contributed by atoms with Crippen LogP contribution in [0.15, 0.2) is 47.4 Å². The minimum absolute atomic E-state index is 0.0777. The molecular formula is C20H25ClN3OS+. The van der Waals surface area contributed by atoms with Crippen LogP contribution in [0.3, 0.4) is 0 Å². The number of amides is 1. The first-order valence-corrected chi connectivity index (χ1v) is 10.4. The van der Waals surface area contributed by atoms with Gasteiger partial charge in [-0.25, -0.2) is 0 Å². The normalized spacial score (nSPS) is 15.1. The van der Waals surface area contributed by atoms with Gasteiger partial charge in [-0.15, -0.1) is 11.8 Å². The monoisotopic (exact) mass is 390 g/mol. The number of carbonyl (C=O) groups excluding carboxylic acids is 1. The molecule has 0 aliphatic carbocycles. The van der Waals surface area contributed by atoms with E-state index in [2.05, 4.69) is 23.2 Å². The van der Waals surface area contributed by atoms with Crippen molar-refractivity contribution in [3.8, 4) is 0 Å². The Morgan fingerprint density at radius 2 is 1.96 bits per heavy atom. The van der Waals surface area contributed by atoms with Gasteiger partial charge in [0, 0.05) is 15.6 Å². The van der Waals surface area contributed by atoms with E-state index in [0.717, 1.165) is 41.8 Å². The molecule has 0 spiro atoms. The van der Waals surface area contributed by atoms with Crippen molar-refractivity contribution >= 4 is 40.6 Å². The fraction of sp³-hybridized carbons (Fsp3) is 0.350. The predicted molar refractivity (Wildman–Crippen MR) is 111 cm³/mol. The number of anilines is 2. The van der Waals surface area contributed by atoms with E-state index in [0.29, 0.717) is 6.54 Å². The first-order valence-electron chi connectivity index (χ1n) is 8.84. The molecule has 4 nitrogen and oxygen atoms in total. The number of quaternary nitrogens is 1. The van der Waals surface area contributed by atoms with Crippen molar-refractivity contribution in [3.63, 3.8) is 0 Å². The summed E-state index contributed by atoms with van der Waals surface area (Å²) in [7, 11) is 0. The molecule has 0 aromatic heterocycles. The Kier molecular flexibility index (Phi) is 6.46. The number of para-hydroxylation sites is 1. The molecule has 26 heavy (non-hydrogen) atoms. The molecular weight excluding hydrogens is 366 g/mol. The minimum atomic E-state index is 0.0777. The number of halogens is 1. The number of nitrogens with zero attached hydrogens (tertiary/aromatic N) is 1. The molecule has 1 aliphatic heterocycles. The maximum absolute atomic E-state index is 12.4. The van der Waals surface area contributed by atoms with Gasteiger partial charge in [0.2, 0.25) is 0 Å². The van der Waals surface area contributed by atoms with Crippen molar-refractivity contribution in [2.75, 3.05) is 49.2 Å². The van der Waals surface area contributed by atoms with Crippen LogP contribution in [0.25, 0.3) is 0 Å². The lowest BCUT2D eigenvalue weighted by atomic mass is 10.1. The van der Waals surface area contributed by atoms with Crippen molar-refractivity contribution < 1.29 is 9.69 Å². The lowest BCUT2D eigenvalue weighted by Gasteiger charge is -2.34. The summed E-state index contributed by atoms with van der Waals surface area (Å²) < 4.78 is 0. The maximum atomic E-state index is 12.4. The molecule has 1 fully saturated rings. The molecule has 2 N–H and O–H groups in total. The van der Waals surface area contributed by atoms with E-state index in [-0.39, 0.29) is 5.91 Å². The highest BCUT2D eigenvalue weighted by Crippen LogP contribution is 2.25. The first kappa shape index (κ1) is 19.1. The number of hydrogen-bond donors (Lipinski definition) is 2. The van der Waals surface area contributed by atoms with Gasteiger partial charge in [-0.05, 0) is 43.0 Å². The van der Waals surface area contributed by atoms with E-state index in [1.54, 1.807) is 11.8 Å². The first-order chi connectivity index (χ1) is 12.6. The molecule has 0 radical (unpaired) electrons. The number of thioether (sulfide) groups is 1. The quantitative estimate of drug-likeness (QED) is 0.771. The van der Waals surface area contributed by atoms with Gasteiger partial charge in [0.1, 0.15) is 0 Å². The molecule has 2 aromatic carbocycles. The molecule has 6 heteroatoms. The fourth-order valence-corrected chi connectivity index (χ4v) is 4.05. The van der Waals surface area contributed by atoms with Crippen LogP contribution in [-0.4, -0.2) is 44.9 Å². The smallest absolute Gasteiger partial charge is 0.279 e. The molecule has 0 bridgehead atoms. The third-order valence-corrected chi connectivity index (χ3v) is 5.80. The lowest BCUT2D eigenvalue weighted by molar-refractivity contribution is -0.892. The average Bonchev–Trinajstić information content (AvgIpc) is 2.65. The Labute approximate surface area is 164 Å². The summed E-state index contributed by atoms with van der Waals surface area (Å²) >= 11 is 7.79. The zero-order valence-corrected chi connectivity index (χ0v) is 16.8. The SMILES string of the molecule is CSc1ccccc1NC(=O)C[NH+]1CCN(c2cc(Cl)ccc2C)CC1. The van der Waals surface area contributed by atoms with Gasteiger partial charge < -0.3 is 15.1 Å². The van der Waals surface area contributed by atoms with Crippen molar-refractivity contribution in [3.05, 3.63) is 53.1 Å².